The second-order valence-electron chi connectivity index (χ2n) is 5.42. The molecule has 2 heterocycles. The normalized spacial score (nSPS) is 11.1. The molecule has 0 aliphatic rings. The van der Waals surface area contributed by atoms with E-state index in [1.54, 1.807) is 48.3 Å². The van der Waals surface area contributed by atoms with E-state index in [2.05, 4.69) is 15.1 Å². The molecule has 25 heavy (non-hydrogen) atoms. The maximum absolute atomic E-state index is 11.6. The number of primary amides is 1. The number of aryl methyl sites for hydroxylation is 1. The van der Waals surface area contributed by atoms with Crippen molar-refractivity contribution in [3.63, 3.8) is 0 Å². The number of carbonyl (C=O) groups excluding carboxylic acids is 1. The molecular weight excluding hydrogens is 342 g/mol. The Balaban J connectivity index is 1.91. The summed E-state index contributed by atoms with van der Waals surface area (Å²) in [6, 6.07) is 10.8. The summed E-state index contributed by atoms with van der Waals surface area (Å²) in [5, 5.41) is 6.07. The molecule has 124 valence electrons. The quantitative estimate of drug-likeness (QED) is 0.610. The summed E-state index contributed by atoms with van der Waals surface area (Å²) in [6.45, 7) is 0. The van der Waals surface area contributed by atoms with E-state index in [1.807, 2.05) is 6.07 Å². The van der Waals surface area contributed by atoms with Gasteiger partial charge in [-0.15, -0.1) is 0 Å². The number of para-hydroxylation sites is 1. The van der Waals surface area contributed by atoms with Gasteiger partial charge in [-0.2, -0.15) is 10.1 Å². The Hall–Kier alpha value is -3.19. The first-order valence-corrected chi connectivity index (χ1v) is 7.77. The highest BCUT2D eigenvalue weighted by Crippen LogP contribution is 2.30. The first-order chi connectivity index (χ1) is 12.0. The van der Waals surface area contributed by atoms with E-state index < -0.39 is 5.91 Å². The molecule has 0 saturated carbocycles. The lowest BCUT2D eigenvalue weighted by atomic mass is 10.1. The predicted molar refractivity (Wildman–Crippen MR) is 93.9 cm³/mol. The van der Waals surface area contributed by atoms with Crippen molar-refractivity contribution in [3.05, 3.63) is 53.3 Å². The minimum absolute atomic E-state index is 0.148. The zero-order valence-electron chi connectivity index (χ0n) is 13.1. The van der Waals surface area contributed by atoms with Crippen LogP contribution in [0.4, 0.5) is 0 Å². The Kier molecular flexibility index (Phi) is 3.51. The van der Waals surface area contributed by atoms with Crippen LogP contribution >= 0.6 is 11.6 Å². The summed E-state index contributed by atoms with van der Waals surface area (Å²) in [7, 11) is 1.73. The average Bonchev–Trinajstić information content (AvgIpc) is 2.94. The van der Waals surface area contributed by atoms with Crippen molar-refractivity contribution in [2.24, 2.45) is 12.8 Å². The van der Waals surface area contributed by atoms with Crippen LogP contribution in [0.25, 0.3) is 21.8 Å². The van der Waals surface area contributed by atoms with Crippen molar-refractivity contribution >= 4 is 39.3 Å². The number of fused-ring (bicyclic) bond motifs is 3. The number of nitrogens with two attached hydrogens (primary N) is 1. The number of hydrogen-bond acceptors (Lipinski definition) is 5. The second-order valence-corrected chi connectivity index (χ2v) is 5.83. The van der Waals surface area contributed by atoms with E-state index in [0.29, 0.717) is 27.2 Å². The molecule has 4 aromatic rings. The lowest BCUT2D eigenvalue weighted by Crippen LogP contribution is -2.12. The van der Waals surface area contributed by atoms with Gasteiger partial charge in [-0.25, -0.2) is 4.98 Å². The zero-order chi connectivity index (χ0) is 17.6. The van der Waals surface area contributed by atoms with Crippen LogP contribution in [-0.2, 0) is 7.05 Å². The Morgan fingerprint density at radius 2 is 2.04 bits per heavy atom. The van der Waals surface area contributed by atoms with Gasteiger partial charge in [-0.05, 0) is 18.2 Å². The minimum Gasteiger partial charge on any atom is -0.423 e. The molecule has 0 bridgehead atoms. The van der Waals surface area contributed by atoms with Gasteiger partial charge in [0.05, 0.1) is 10.5 Å². The van der Waals surface area contributed by atoms with Gasteiger partial charge in [-0.3, -0.25) is 9.48 Å². The monoisotopic (exact) mass is 353 g/mol. The molecule has 8 heteroatoms. The van der Waals surface area contributed by atoms with Crippen molar-refractivity contribution in [1.82, 2.24) is 19.7 Å². The van der Waals surface area contributed by atoms with Crippen molar-refractivity contribution < 1.29 is 9.53 Å². The van der Waals surface area contributed by atoms with Gasteiger partial charge in [0.15, 0.2) is 5.69 Å². The molecule has 0 aliphatic carbocycles. The number of amides is 1. The standard InChI is InChI=1S/C17H12ClN5O2/c1-23-15-10(14(22-23)16(19)24)7-6-9-8-20-17(21-13(9)15)25-12-5-3-2-4-11(12)18/h2-8H,1H3,(H2,19,24). The van der Waals surface area contributed by atoms with E-state index in [9.17, 15) is 4.79 Å². The van der Waals surface area contributed by atoms with Crippen LogP contribution < -0.4 is 10.5 Å². The van der Waals surface area contributed by atoms with E-state index in [-0.39, 0.29) is 11.7 Å². The molecule has 0 unspecified atom stereocenters. The topological polar surface area (TPSA) is 95.9 Å². The minimum atomic E-state index is -0.591. The van der Waals surface area contributed by atoms with Crippen LogP contribution in [0.3, 0.4) is 0 Å². The van der Waals surface area contributed by atoms with E-state index in [1.165, 1.54) is 0 Å². The number of ether oxygens (including phenoxy) is 1. The van der Waals surface area contributed by atoms with E-state index in [4.69, 9.17) is 22.1 Å². The molecule has 7 nitrogen and oxygen atoms in total. The van der Waals surface area contributed by atoms with Gasteiger partial charge in [0.25, 0.3) is 5.91 Å². The molecular formula is C17H12ClN5O2. The number of carbonyl (C=O) groups is 1. The number of halogens is 1. The van der Waals surface area contributed by atoms with Gasteiger partial charge in [0.2, 0.25) is 0 Å². The molecule has 0 radical (unpaired) electrons. The molecule has 0 aliphatic heterocycles. The van der Waals surface area contributed by atoms with Crippen molar-refractivity contribution in [2.45, 2.75) is 0 Å². The first-order valence-electron chi connectivity index (χ1n) is 7.39. The number of benzene rings is 2. The Morgan fingerprint density at radius 3 is 2.80 bits per heavy atom. The van der Waals surface area contributed by atoms with Crippen LogP contribution in [0.15, 0.2) is 42.6 Å². The third-order valence-corrected chi connectivity index (χ3v) is 4.12. The maximum Gasteiger partial charge on any atom is 0.322 e. The zero-order valence-corrected chi connectivity index (χ0v) is 13.9. The highest BCUT2D eigenvalue weighted by atomic mass is 35.5. The Morgan fingerprint density at radius 1 is 1.24 bits per heavy atom. The summed E-state index contributed by atoms with van der Waals surface area (Å²) in [5.74, 6) is -0.134. The highest BCUT2D eigenvalue weighted by molar-refractivity contribution is 6.32. The van der Waals surface area contributed by atoms with Crippen LogP contribution in [0.1, 0.15) is 10.5 Å². The van der Waals surface area contributed by atoms with Crippen LogP contribution in [0.2, 0.25) is 5.02 Å². The van der Waals surface area contributed by atoms with Crippen LogP contribution in [0, 0.1) is 0 Å². The molecule has 1 amide bonds. The summed E-state index contributed by atoms with van der Waals surface area (Å²) in [4.78, 5) is 20.3. The molecule has 2 aromatic carbocycles. The summed E-state index contributed by atoms with van der Waals surface area (Å²) in [6.07, 6.45) is 1.64. The van der Waals surface area contributed by atoms with Gasteiger partial charge in [0, 0.05) is 24.0 Å². The van der Waals surface area contributed by atoms with Gasteiger partial charge < -0.3 is 10.5 Å². The Bertz CT molecular complexity index is 1140. The van der Waals surface area contributed by atoms with Gasteiger partial charge >= 0.3 is 6.01 Å². The summed E-state index contributed by atoms with van der Waals surface area (Å²) in [5.41, 5.74) is 6.89. The van der Waals surface area contributed by atoms with Crippen LogP contribution in [-0.4, -0.2) is 25.7 Å². The van der Waals surface area contributed by atoms with Crippen LogP contribution in [0.5, 0.6) is 11.8 Å². The number of rotatable bonds is 3. The molecule has 0 spiro atoms. The smallest absolute Gasteiger partial charge is 0.322 e. The third-order valence-electron chi connectivity index (χ3n) is 3.80. The molecule has 4 rings (SSSR count). The number of nitrogens with zero attached hydrogens (tertiary/aromatic N) is 4. The highest BCUT2D eigenvalue weighted by Gasteiger charge is 2.17. The number of aromatic nitrogens is 4. The van der Waals surface area contributed by atoms with Gasteiger partial charge in [0.1, 0.15) is 11.3 Å². The average molecular weight is 354 g/mol. The second kappa shape index (κ2) is 5.71. The van der Waals surface area contributed by atoms with E-state index in [0.717, 1.165) is 5.39 Å². The molecule has 0 saturated heterocycles. The SMILES string of the molecule is Cn1nc(C(N)=O)c2ccc3cnc(Oc4ccccc4Cl)nc3c21. The molecule has 2 N–H and O–H groups in total. The van der Waals surface area contributed by atoms with E-state index >= 15 is 0 Å². The lowest BCUT2D eigenvalue weighted by Gasteiger charge is -2.07. The fourth-order valence-electron chi connectivity index (χ4n) is 2.70. The van der Waals surface area contributed by atoms with Crippen molar-refractivity contribution in [2.75, 3.05) is 0 Å². The molecule has 0 fully saturated rings. The first kappa shape index (κ1) is 15.3. The fourth-order valence-corrected chi connectivity index (χ4v) is 2.87. The van der Waals surface area contributed by atoms with Gasteiger partial charge in [-0.1, -0.05) is 29.8 Å². The maximum atomic E-state index is 11.6. The van der Waals surface area contributed by atoms with Crippen molar-refractivity contribution in [3.8, 4) is 11.8 Å². The Labute approximate surface area is 147 Å². The fraction of sp³-hybridized carbons (Fsp3) is 0.0588. The third kappa shape index (κ3) is 2.54. The largest absolute Gasteiger partial charge is 0.423 e. The molecule has 0 atom stereocenters. The predicted octanol–water partition coefficient (Wildman–Crippen LogP) is 3.06. The molecule has 2 aromatic heterocycles. The summed E-state index contributed by atoms with van der Waals surface area (Å²) >= 11 is 6.10. The summed E-state index contributed by atoms with van der Waals surface area (Å²) < 4.78 is 7.26. The lowest BCUT2D eigenvalue weighted by molar-refractivity contribution is 0.0996. The van der Waals surface area contributed by atoms with Crippen molar-refractivity contribution in [1.29, 1.82) is 0 Å². The number of hydrogen-bond donors (Lipinski definition) is 1.